The number of hydrogen-bond donors (Lipinski definition) is 1. The van der Waals surface area contributed by atoms with E-state index in [1.807, 2.05) is 19.2 Å². The van der Waals surface area contributed by atoms with Crippen molar-refractivity contribution in [1.29, 1.82) is 0 Å². The smallest absolute Gasteiger partial charge is 0.254 e. The van der Waals surface area contributed by atoms with E-state index in [4.69, 9.17) is 0 Å². The Hall–Kier alpha value is -1.58. The average molecular weight is 273 g/mol. The van der Waals surface area contributed by atoms with Crippen LogP contribution < -0.4 is 5.32 Å². The average Bonchev–Trinajstić information content (AvgIpc) is 3.09. The molecule has 2 fully saturated rings. The molecule has 1 aliphatic carbocycles. The van der Waals surface area contributed by atoms with Crippen molar-refractivity contribution in [2.24, 2.45) is 5.92 Å². The van der Waals surface area contributed by atoms with Crippen LogP contribution in [0, 0.1) is 5.92 Å². The summed E-state index contributed by atoms with van der Waals surface area (Å²) in [5.74, 6) is 1.72. The number of hydrogen-bond acceptors (Lipinski definition) is 3. The van der Waals surface area contributed by atoms with Gasteiger partial charge in [0.05, 0.1) is 0 Å². The number of fused-ring (bicyclic) bond motifs is 2. The largest absolute Gasteiger partial charge is 0.373 e. The number of anilines is 1. The monoisotopic (exact) mass is 273 g/mol. The molecule has 1 aromatic rings. The van der Waals surface area contributed by atoms with Crippen LogP contribution in [-0.4, -0.2) is 35.4 Å². The van der Waals surface area contributed by atoms with Gasteiger partial charge in [-0.05, 0) is 43.7 Å². The number of nitrogens with zero attached hydrogens (tertiary/aromatic N) is 2. The lowest BCUT2D eigenvalue weighted by molar-refractivity contribution is 0.0703. The van der Waals surface area contributed by atoms with Crippen molar-refractivity contribution in [1.82, 2.24) is 9.88 Å². The number of aromatic nitrogens is 1. The standard InChI is InChI=1S/C16H23N3O/c1-3-4-13-8-12(9-15(17-2)18-13)16(20)19-10-11-5-6-14(19)7-11/h8-9,11,14H,3-7,10H2,1-2H3,(H,17,18). The quantitative estimate of drug-likeness (QED) is 0.917. The van der Waals surface area contributed by atoms with Gasteiger partial charge in [-0.1, -0.05) is 13.3 Å². The first-order valence-electron chi connectivity index (χ1n) is 7.71. The van der Waals surface area contributed by atoms with Crippen LogP contribution >= 0.6 is 0 Å². The third kappa shape index (κ3) is 2.39. The highest BCUT2D eigenvalue weighted by atomic mass is 16.2. The maximum atomic E-state index is 12.7. The van der Waals surface area contributed by atoms with Crippen molar-refractivity contribution < 1.29 is 4.79 Å². The number of amides is 1. The van der Waals surface area contributed by atoms with Crippen molar-refractivity contribution in [2.45, 2.75) is 45.1 Å². The van der Waals surface area contributed by atoms with Crippen molar-refractivity contribution >= 4 is 11.7 Å². The first-order valence-corrected chi connectivity index (χ1v) is 7.71. The lowest BCUT2D eigenvalue weighted by atomic mass is 10.1. The summed E-state index contributed by atoms with van der Waals surface area (Å²) in [6, 6.07) is 4.33. The van der Waals surface area contributed by atoms with Crippen LogP contribution in [0.3, 0.4) is 0 Å². The molecule has 2 unspecified atom stereocenters. The van der Waals surface area contributed by atoms with Gasteiger partial charge in [-0.15, -0.1) is 0 Å². The highest BCUT2D eigenvalue weighted by Gasteiger charge is 2.40. The van der Waals surface area contributed by atoms with Gasteiger partial charge in [0, 0.05) is 30.9 Å². The van der Waals surface area contributed by atoms with Crippen LogP contribution in [0.5, 0.6) is 0 Å². The topological polar surface area (TPSA) is 45.2 Å². The molecular formula is C16H23N3O. The summed E-state index contributed by atoms with van der Waals surface area (Å²) in [6.07, 6.45) is 5.65. The normalized spacial score (nSPS) is 24.2. The summed E-state index contributed by atoms with van der Waals surface area (Å²) < 4.78 is 0. The molecule has 2 aliphatic rings. The Morgan fingerprint density at radius 2 is 2.30 bits per heavy atom. The van der Waals surface area contributed by atoms with Crippen molar-refractivity contribution in [2.75, 3.05) is 18.9 Å². The minimum Gasteiger partial charge on any atom is -0.373 e. The third-order valence-corrected chi connectivity index (χ3v) is 4.56. The summed E-state index contributed by atoms with van der Waals surface area (Å²) in [5.41, 5.74) is 1.80. The number of piperidine rings is 1. The maximum Gasteiger partial charge on any atom is 0.254 e. The van der Waals surface area contributed by atoms with E-state index in [-0.39, 0.29) is 5.91 Å². The van der Waals surface area contributed by atoms with Gasteiger partial charge in [0.25, 0.3) is 5.91 Å². The summed E-state index contributed by atoms with van der Waals surface area (Å²) in [6.45, 7) is 3.08. The number of rotatable bonds is 4. The number of nitrogens with one attached hydrogen (secondary N) is 1. The van der Waals surface area contributed by atoms with E-state index in [1.54, 1.807) is 0 Å². The Morgan fingerprint density at radius 1 is 1.45 bits per heavy atom. The predicted octanol–water partition coefficient (Wildman–Crippen LogP) is 2.70. The molecule has 1 aromatic heterocycles. The van der Waals surface area contributed by atoms with Crippen LogP contribution in [0.2, 0.25) is 0 Å². The lowest BCUT2D eigenvalue weighted by Gasteiger charge is -2.27. The Balaban J connectivity index is 1.85. The molecule has 2 atom stereocenters. The van der Waals surface area contributed by atoms with Gasteiger partial charge in [-0.25, -0.2) is 4.98 Å². The Kier molecular flexibility index (Phi) is 3.64. The zero-order chi connectivity index (χ0) is 14.1. The predicted molar refractivity (Wildman–Crippen MR) is 79.9 cm³/mol. The first-order chi connectivity index (χ1) is 9.71. The SMILES string of the molecule is CCCc1cc(C(=O)N2CC3CCC2C3)cc(NC)n1. The number of carbonyl (C=O) groups excluding carboxylic acids is 1. The number of carbonyl (C=O) groups is 1. The molecule has 1 N–H and O–H groups in total. The fourth-order valence-corrected chi connectivity index (χ4v) is 3.56. The third-order valence-electron chi connectivity index (χ3n) is 4.56. The molecule has 4 heteroatoms. The molecule has 1 aliphatic heterocycles. The molecule has 3 rings (SSSR count). The van der Waals surface area contributed by atoms with E-state index in [0.29, 0.717) is 6.04 Å². The minimum absolute atomic E-state index is 0.188. The summed E-state index contributed by atoms with van der Waals surface area (Å²) >= 11 is 0. The van der Waals surface area contributed by atoms with Gasteiger partial charge < -0.3 is 10.2 Å². The highest BCUT2D eigenvalue weighted by molar-refractivity contribution is 5.95. The number of pyridine rings is 1. The lowest BCUT2D eigenvalue weighted by Crippen LogP contribution is -2.37. The minimum atomic E-state index is 0.188. The summed E-state index contributed by atoms with van der Waals surface area (Å²) in [4.78, 5) is 19.3. The fraction of sp³-hybridized carbons (Fsp3) is 0.625. The van der Waals surface area contributed by atoms with Crippen molar-refractivity contribution in [3.8, 4) is 0 Å². The molecule has 4 nitrogen and oxygen atoms in total. The van der Waals surface area contributed by atoms with E-state index < -0.39 is 0 Å². The second-order valence-electron chi connectivity index (χ2n) is 6.02. The molecule has 1 amide bonds. The molecule has 0 spiro atoms. The van der Waals surface area contributed by atoms with Crippen molar-refractivity contribution in [3.63, 3.8) is 0 Å². The van der Waals surface area contributed by atoms with Crippen LogP contribution in [0.1, 0.15) is 48.7 Å². The van der Waals surface area contributed by atoms with E-state index >= 15 is 0 Å². The fourth-order valence-electron chi connectivity index (χ4n) is 3.56. The van der Waals surface area contributed by atoms with Gasteiger partial charge in [0.1, 0.15) is 5.82 Å². The maximum absolute atomic E-state index is 12.7. The first kappa shape index (κ1) is 13.4. The van der Waals surface area contributed by atoms with Gasteiger partial charge in [0.15, 0.2) is 0 Å². The van der Waals surface area contributed by atoms with E-state index in [9.17, 15) is 4.79 Å². The molecule has 2 heterocycles. The molecule has 1 saturated carbocycles. The Labute approximate surface area is 120 Å². The molecule has 20 heavy (non-hydrogen) atoms. The Bertz CT molecular complexity index is 514. The van der Waals surface area contributed by atoms with Crippen LogP contribution in [0.4, 0.5) is 5.82 Å². The molecule has 1 saturated heterocycles. The molecule has 0 aromatic carbocycles. The second-order valence-corrected chi connectivity index (χ2v) is 6.02. The summed E-state index contributed by atoms with van der Waals surface area (Å²) in [5, 5.41) is 3.06. The zero-order valence-corrected chi connectivity index (χ0v) is 12.4. The Morgan fingerprint density at radius 3 is 2.90 bits per heavy atom. The van der Waals surface area contributed by atoms with Gasteiger partial charge in [0.2, 0.25) is 0 Å². The van der Waals surface area contributed by atoms with E-state index in [0.717, 1.165) is 42.4 Å². The van der Waals surface area contributed by atoms with Gasteiger partial charge in [-0.3, -0.25) is 4.79 Å². The number of aryl methyl sites for hydroxylation is 1. The van der Waals surface area contributed by atoms with E-state index in [1.165, 1.54) is 19.3 Å². The highest BCUT2D eigenvalue weighted by Crippen LogP contribution is 2.38. The molecule has 2 bridgehead atoms. The summed E-state index contributed by atoms with van der Waals surface area (Å²) in [7, 11) is 1.85. The molecular weight excluding hydrogens is 250 g/mol. The molecule has 108 valence electrons. The van der Waals surface area contributed by atoms with Gasteiger partial charge >= 0.3 is 0 Å². The second kappa shape index (κ2) is 5.43. The van der Waals surface area contributed by atoms with Gasteiger partial charge in [-0.2, -0.15) is 0 Å². The van der Waals surface area contributed by atoms with Crippen LogP contribution in [0.25, 0.3) is 0 Å². The number of likely N-dealkylation sites (tertiary alicyclic amines) is 1. The van der Waals surface area contributed by atoms with Crippen LogP contribution in [-0.2, 0) is 6.42 Å². The van der Waals surface area contributed by atoms with E-state index in [2.05, 4.69) is 22.1 Å². The van der Waals surface area contributed by atoms with Crippen LogP contribution in [0.15, 0.2) is 12.1 Å². The molecule has 0 radical (unpaired) electrons. The zero-order valence-electron chi connectivity index (χ0n) is 12.4. The van der Waals surface area contributed by atoms with Crippen molar-refractivity contribution in [3.05, 3.63) is 23.4 Å².